The van der Waals surface area contributed by atoms with Gasteiger partial charge >= 0.3 is 0 Å². The maximum atomic E-state index is 13.6. The average Bonchev–Trinajstić information content (AvgIpc) is 2.96. The van der Waals surface area contributed by atoms with Crippen molar-refractivity contribution < 1.29 is 19.4 Å². The average molecular weight is 537 g/mol. The van der Waals surface area contributed by atoms with Crippen LogP contribution in [0.3, 0.4) is 0 Å². The number of nitrogens with one attached hydrogen (secondary N) is 1. The zero-order valence-corrected chi connectivity index (χ0v) is 21.7. The van der Waals surface area contributed by atoms with Crippen molar-refractivity contribution in [3.63, 3.8) is 0 Å². The summed E-state index contributed by atoms with van der Waals surface area (Å²) in [4.78, 5) is 45.0. The van der Waals surface area contributed by atoms with Crippen LogP contribution in [0.4, 0.5) is 0 Å². The Morgan fingerprint density at radius 3 is 2.40 bits per heavy atom. The Morgan fingerprint density at radius 1 is 0.900 bits per heavy atom. The second-order valence-corrected chi connectivity index (χ2v) is 10.2. The van der Waals surface area contributed by atoms with Crippen molar-refractivity contribution in [1.29, 1.82) is 0 Å². The summed E-state index contributed by atoms with van der Waals surface area (Å²) < 4.78 is 6.22. The molecule has 3 aromatic carbocycles. The first-order valence-electron chi connectivity index (χ1n) is 13.4. The van der Waals surface area contributed by atoms with Crippen LogP contribution in [0.1, 0.15) is 42.7 Å². The number of phenols is 2. The quantitative estimate of drug-likeness (QED) is 0.282. The molecule has 8 nitrogen and oxygen atoms in total. The summed E-state index contributed by atoms with van der Waals surface area (Å²) in [5, 5.41) is 22.6. The number of likely N-dealkylation sites (tertiary alicyclic amines) is 1. The van der Waals surface area contributed by atoms with E-state index in [0.717, 1.165) is 30.7 Å². The Kier molecular flexibility index (Phi) is 6.59. The number of H-pyrrole nitrogens is 1. The highest BCUT2D eigenvalue weighted by atomic mass is 16.3. The van der Waals surface area contributed by atoms with Gasteiger partial charge in [-0.1, -0.05) is 48.5 Å². The Balaban J connectivity index is 1.61. The second kappa shape index (κ2) is 10.4. The summed E-state index contributed by atoms with van der Waals surface area (Å²) in [6, 6.07) is 20.3. The van der Waals surface area contributed by atoms with Crippen LogP contribution in [0.5, 0.6) is 11.5 Å². The predicted octanol–water partition coefficient (Wildman–Crippen LogP) is 5.25. The van der Waals surface area contributed by atoms with Gasteiger partial charge in [-0.25, -0.2) is 0 Å². The number of para-hydroxylation sites is 1. The van der Waals surface area contributed by atoms with Gasteiger partial charge in [0.1, 0.15) is 28.2 Å². The van der Waals surface area contributed by atoms with Crippen LogP contribution in [-0.2, 0) is 4.79 Å². The molecule has 6 rings (SSSR count). The summed E-state index contributed by atoms with van der Waals surface area (Å²) in [6.07, 6.45) is 2.72. The monoisotopic (exact) mass is 536 g/mol. The van der Waals surface area contributed by atoms with Crippen LogP contribution in [0.2, 0.25) is 0 Å². The fourth-order valence-corrected chi connectivity index (χ4v) is 5.64. The molecule has 0 saturated carbocycles. The van der Waals surface area contributed by atoms with E-state index in [-0.39, 0.29) is 45.9 Å². The van der Waals surface area contributed by atoms with Crippen LogP contribution in [0.15, 0.2) is 86.8 Å². The van der Waals surface area contributed by atoms with Crippen LogP contribution in [0.25, 0.3) is 33.2 Å². The van der Waals surface area contributed by atoms with Crippen LogP contribution >= 0.6 is 0 Å². The molecular formula is C32H28N2O6. The molecule has 40 heavy (non-hydrogen) atoms. The molecule has 2 aromatic heterocycles. The smallest absolute Gasteiger partial charge is 0.252 e. The lowest BCUT2D eigenvalue weighted by Crippen LogP contribution is -2.37. The molecule has 1 fully saturated rings. The third-order valence-corrected chi connectivity index (χ3v) is 7.65. The standard InChI is InChI=1S/C32H28N2O6/c35-24-17-25(36)30-26(37)18-27(19-9-3-1-4-10-19)40-31(30)29(24)21(16-28(38)34-13-7-2-8-14-34)22-15-20-11-5-6-12-23(20)33-32(22)39/h1,3-6,9-12,15,17-18,21,35-36H,2,7-8,13-14,16H2,(H,33,39)/t21-/m1/s1. The Hall–Kier alpha value is -4.85. The largest absolute Gasteiger partial charge is 0.507 e. The molecule has 0 spiro atoms. The predicted molar refractivity (Wildman–Crippen MR) is 153 cm³/mol. The summed E-state index contributed by atoms with van der Waals surface area (Å²) in [5.74, 6) is -1.71. The fraction of sp³-hybridized carbons (Fsp3) is 0.219. The molecule has 0 bridgehead atoms. The van der Waals surface area contributed by atoms with Crippen molar-refractivity contribution >= 4 is 27.8 Å². The maximum absolute atomic E-state index is 13.6. The number of carbonyl (C=O) groups excluding carboxylic acids is 1. The molecule has 0 radical (unpaired) electrons. The minimum Gasteiger partial charge on any atom is -0.507 e. The molecule has 3 heterocycles. The maximum Gasteiger partial charge on any atom is 0.252 e. The number of aromatic hydroxyl groups is 2. The van der Waals surface area contributed by atoms with Gasteiger partial charge in [0.25, 0.3) is 5.56 Å². The molecule has 0 aliphatic carbocycles. The zero-order valence-electron chi connectivity index (χ0n) is 21.7. The van der Waals surface area contributed by atoms with Crippen molar-refractivity contribution in [3.8, 4) is 22.8 Å². The SMILES string of the molecule is O=C(C[C@H](c1cc2ccccc2[nH]c1=O)c1c(O)cc(O)c2c(=O)cc(-c3ccccc3)oc12)N1CCCCC1. The number of fused-ring (bicyclic) bond motifs is 2. The van der Waals surface area contributed by atoms with E-state index >= 15 is 0 Å². The van der Waals surface area contributed by atoms with Gasteiger partial charge in [-0.15, -0.1) is 0 Å². The lowest BCUT2D eigenvalue weighted by atomic mass is 9.86. The van der Waals surface area contributed by atoms with Crippen LogP contribution in [0, 0.1) is 0 Å². The lowest BCUT2D eigenvalue weighted by Gasteiger charge is -2.29. The zero-order chi connectivity index (χ0) is 27.8. The molecule has 1 atom stereocenters. The van der Waals surface area contributed by atoms with E-state index in [0.29, 0.717) is 24.2 Å². The number of hydrogen-bond acceptors (Lipinski definition) is 6. The third-order valence-electron chi connectivity index (χ3n) is 7.65. The molecule has 0 unspecified atom stereocenters. The number of phenolic OH excluding ortho intramolecular Hbond substituents is 2. The molecule has 202 valence electrons. The lowest BCUT2D eigenvalue weighted by molar-refractivity contribution is -0.132. The number of benzene rings is 3. The van der Waals surface area contributed by atoms with Crippen LogP contribution in [-0.4, -0.2) is 39.1 Å². The summed E-state index contributed by atoms with van der Waals surface area (Å²) in [6.45, 7) is 1.24. The van der Waals surface area contributed by atoms with E-state index in [9.17, 15) is 24.6 Å². The second-order valence-electron chi connectivity index (χ2n) is 10.2. The van der Waals surface area contributed by atoms with E-state index in [1.54, 1.807) is 41.3 Å². The van der Waals surface area contributed by atoms with Gasteiger partial charge in [-0.05, 0) is 36.8 Å². The molecule has 1 amide bonds. The van der Waals surface area contributed by atoms with Gasteiger partial charge in [0.15, 0.2) is 5.43 Å². The molecular weight excluding hydrogens is 508 g/mol. The Bertz CT molecular complexity index is 1850. The van der Waals surface area contributed by atoms with Crippen molar-refractivity contribution in [3.05, 3.63) is 105 Å². The highest BCUT2D eigenvalue weighted by molar-refractivity contribution is 5.91. The van der Waals surface area contributed by atoms with E-state index in [4.69, 9.17) is 4.42 Å². The van der Waals surface area contributed by atoms with E-state index in [1.807, 2.05) is 24.3 Å². The normalized spacial score (nSPS) is 14.4. The molecule has 1 aliphatic rings. The molecule has 1 saturated heterocycles. The topological polar surface area (TPSA) is 124 Å². The molecule has 8 heteroatoms. The van der Waals surface area contributed by atoms with E-state index < -0.39 is 22.7 Å². The minimum atomic E-state index is -0.958. The van der Waals surface area contributed by atoms with Crippen LogP contribution < -0.4 is 11.0 Å². The number of hydrogen-bond donors (Lipinski definition) is 3. The molecule has 3 N–H and O–H groups in total. The van der Waals surface area contributed by atoms with Crippen molar-refractivity contribution in [2.75, 3.05) is 13.1 Å². The first-order valence-corrected chi connectivity index (χ1v) is 13.4. The first-order chi connectivity index (χ1) is 19.4. The van der Waals surface area contributed by atoms with Gasteiger partial charge in [0, 0.05) is 59.8 Å². The summed E-state index contributed by atoms with van der Waals surface area (Å²) >= 11 is 0. The van der Waals surface area contributed by atoms with E-state index in [2.05, 4.69) is 4.98 Å². The number of aromatic nitrogens is 1. The third kappa shape index (κ3) is 4.62. The Labute approximate surface area is 229 Å². The number of aromatic amines is 1. The van der Waals surface area contributed by atoms with Gasteiger partial charge < -0.3 is 24.5 Å². The van der Waals surface area contributed by atoms with Gasteiger partial charge in [-0.3, -0.25) is 14.4 Å². The summed E-state index contributed by atoms with van der Waals surface area (Å²) in [5.41, 5.74) is 0.625. The van der Waals surface area contributed by atoms with Crippen molar-refractivity contribution in [2.24, 2.45) is 0 Å². The van der Waals surface area contributed by atoms with E-state index in [1.165, 1.54) is 6.07 Å². The Morgan fingerprint density at radius 2 is 1.62 bits per heavy atom. The van der Waals surface area contributed by atoms with Gasteiger partial charge in [0.2, 0.25) is 5.91 Å². The van der Waals surface area contributed by atoms with Gasteiger partial charge in [-0.2, -0.15) is 0 Å². The van der Waals surface area contributed by atoms with Gasteiger partial charge in [0.05, 0.1) is 0 Å². The molecule has 5 aromatic rings. The number of pyridine rings is 1. The number of nitrogens with zero attached hydrogens (tertiary/aromatic N) is 1. The summed E-state index contributed by atoms with van der Waals surface area (Å²) in [7, 11) is 0. The highest BCUT2D eigenvalue weighted by Crippen LogP contribution is 2.42. The van der Waals surface area contributed by atoms with Crippen molar-refractivity contribution in [2.45, 2.75) is 31.6 Å². The number of piperidine rings is 1. The first kappa shape index (κ1) is 25.4. The van der Waals surface area contributed by atoms with Crippen molar-refractivity contribution in [1.82, 2.24) is 9.88 Å². The number of carbonyl (C=O) groups is 1. The highest BCUT2D eigenvalue weighted by Gasteiger charge is 2.31. The number of rotatable bonds is 5. The fourth-order valence-electron chi connectivity index (χ4n) is 5.64. The number of amides is 1. The molecule has 1 aliphatic heterocycles. The minimum absolute atomic E-state index is 0.0622.